The van der Waals surface area contributed by atoms with Gasteiger partial charge < -0.3 is 19.9 Å². The van der Waals surface area contributed by atoms with Crippen molar-refractivity contribution in [3.05, 3.63) is 64.0 Å². The molecule has 0 spiro atoms. The predicted octanol–water partition coefficient (Wildman–Crippen LogP) is 3.49. The molecule has 1 heterocycles. The summed E-state index contributed by atoms with van der Waals surface area (Å²) in [5.74, 6) is 0.531. The van der Waals surface area contributed by atoms with Crippen LogP contribution in [0, 0.1) is 15.9 Å². The molecule has 1 aromatic heterocycles. The third-order valence-electron chi connectivity index (χ3n) is 4.56. The number of nitrogens with zero attached hydrogens (tertiary/aromatic N) is 2. The molecule has 1 atom stereocenters. The Morgan fingerprint density at radius 1 is 1.17 bits per heavy atom. The lowest BCUT2D eigenvalue weighted by atomic mass is 9.99. The molecule has 0 radical (unpaired) electrons. The number of nitro benzene ring substituents is 1. The third kappa shape index (κ3) is 4.35. The molecule has 0 amide bonds. The minimum atomic E-state index is -0.694. The molecule has 0 fully saturated rings. The lowest BCUT2D eigenvalue weighted by Gasteiger charge is -2.18. The van der Waals surface area contributed by atoms with Crippen molar-refractivity contribution in [3.8, 4) is 11.5 Å². The molecule has 152 valence electrons. The molecule has 1 unspecified atom stereocenters. The number of rotatable bonds is 8. The third-order valence-corrected chi connectivity index (χ3v) is 4.56. The zero-order chi connectivity index (χ0) is 21.0. The van der Waals surface area contributed by atoms with Crippen molar-refractivity contribution in [2.24, 2.45) is 0 Å². The summed E-state index contributed by atoms with van der Waals surface area (Å²) in [4.78, 5) is 14.8. The number of nitrogens with one attached hydrogen (secondary N) is 1. The van der Waals surface area contributed by atoms with E-state index in [0.717, 1.165) is 11.6 Å². The van der Waals surface area contributed by atoms with Crippen LogP contribution in [0.4, 0.5) is 15.9 Å². The second kappa shape index (κ2) is 8.70. The fourth-order valence-electron chi connectivity index (χ4n) is 3.04. The zero-order valence-electron chi connectivity index (χ0n) is 15.9. The SMILES string of the molecule is COc1ccc(C(CO)CNc2ccc3cc(F)cc([N+](=O)[O-])c3n2)cc1OC. The number of aliphatic hydroxyl groups is 1. The topological polar surface area (TPSA) is 107 Å². The van der Waals surface area contributed by atoms with Gasteiger partial charge in [-0.05, 0) is 35.9 Å². The van der Waals surface area contributed by atoms with Gasteiger partial charge in [-0.1, -0.05) is 6.07 Å². The quantitative estimate of drug-likeness (QED) is 0.439. The summed E-state index contributed by atoms with van der Waals surface area (Å²) in [5.41, 5.74) is 0.516. The fraction of sp³-hybridized carbons (Fsp3) is 0.250. The number of ether oxygens (including phenoxy) is 2. The van der Waals surface area contributed by atoms with Crippen LogP contribution in [0.3, 0.4) is 0 Å². The number of pyridine rings is 1. The van der Waals surface area contributed by atoms with Crippen LogP contribution in [-0.2, 0) is 0 Å². The van der Waals surface area contributed by atoms with Crippen molar-refractivity contribution < 1.29 is 23.9 Å². The summed E-state index contributed by atoms with van der Waals surface area (Å²) >= 11 is 0. The van der Waals surface area contributed by atoms with Gasteiger partial charge in [0.2, 0.25) is 0 Å². The van der Waals surface area contributed by atoms with E-state index >= 15 is 0 Å². The zero-order valence-corrected chi connectivity index (χ0v) is 15.9. The smallest absolute Gasteiger partial charge is 0.298 e. The highest BCUT2D eigenvalue weighted by atomic mass is 19.1. The molecule has 0 aliphatic rings. The molecule has 2 aromatic carbocycles. The van der Waals surface area contributed by atoms with Gasteiger partial charge in [0.05, 0.1) is 31.8 Å². The molecule has 29 heavy (non-hydrogen) atoms. The Morgan fingerprint density at radius 3 is 2.59 bits per heavy atom. The largest absolute Gasteiger partial charge is 0.493 e. The molecule has 3 aromatic rings. The van der Waals surface area contributed by atoms with E-state index in [9.17, 15) is 19.6 Å². The molecule has 9 heteroatoms. The maximum atomic E-state index is 13.6. The predicted molar refractivity (Wildman–Crippen MR) is 106 cm³/mol. The number of methoxy groups -OCH3 is 2. The van der Waals surface area contributed by atoms with Crippen molar-refractivity contribution in [1.82, 2.24) is 4.98 Å². The van der Waals surface area contributed by atoms with Crippen molar-refractivity contribution in [2.75, 3.05) is 32.7 Å². The van der Waals surface area contributed by atoms with Crippen LogP contribution in [0.2, 0.25) is 0 Å². The second-order valence-corrected chi connectivity index (χ2v) is 6.33. The number of fused-ring (bicyclic) bond motifs is 1. The van der Waals surface area contributed by atoms with Crippen LogP contribution < -0.4 is 14.8 Å². The molecular formula is C20H20FN3O5. The fourth-order valence-corrected chi connectivity index (χ4v) is 3.04. The summed E-state index contributed by atoms with van der Waals surface area (Å²) in [6.07, 6.45) is 0. The Morgan fingerprint density at radius 2 is 1.93 bits per heavy atom. The normalized spacial score (nSPS) is 11.9. The average Bonchev–Trinajstić information content (AvgIpc) is 2.73. The summed E-state index contributed by atoms with van der Waals surface area (Å²) in [7, 11) is 3.07. The van der Waals surface area contributed by atoms with Crippen LogP contribution in [0.15, 0.2) is 42.5 Å². The van der Waals surface area contributed by atoms with Crippen LogP contribution >= 0.6 is 0 Å². The van der Waals surface area contributed by atoms with Gasteiger partial charge in [-0.2, -0.15) is 0 Å². The van der Waals surface area contributed by atoms with Gasteiger partial charge in [0, 0.05) is 17.8 Å². The van der Waals surface area contributed by atoms with E-state index in [1.165, 1.54) is 13.2 Å². The summed E-state index contributed by atoms with van der Waals surface area (Å²) < 4.78 is 24.1. The molecule has 8 nitrogen and oxygen atoms in total. The summed E-state index contributed by atoms with van der Waals surface area (Å²) in [5, 5.41) is 24.4. The van der Waals surface area contributed by atoms with E-state index in [-0.39, 0.29) is 18.0 Å². The van der Waals surface area contributed by atoms with Crippen LogP contribution in [0.5, 0.6) is 11.5 Å². The first kappa shape index (κ1) is 20.3. The van der Waals surface area contributed by atoms with E-state index in [4.69, 9.17) is 9.47 Å². The number of non-ortho nitro benzene ring substituents is 1. The molecule has 0 aliphatic heterocycles. The summed E-state index contributed by atoms with van der Waals surface area (Å²) in [6, 6.07) is 10.6. The molecule has 0 saturated carbocycles. The Kier molecular flexibility index (Phi) is 6.08. The molecule has 2 N–H and O–H groups in total. The Balaban J connectivity index is 1.84. The number of anilines is 1. The average molecular weight is 401 g/mol. The first-order chi connectivity index (χ1) is 14.0. The van der Waals surface area contributed by atoms with Gasteiger partial charge in [0.15, 0.2) is 17.0 Å². The highest BCUT2D eigenvalue weighted by Crippen LogP contribution is 2.31. The monoisotopic (exact) mass is 401 g/mol. The standard InChI is InChI=1S/C20H20FN3O5/c1-28-17-5-3-12(8-18(17)29-2)14(11-25)10-22-19-6-4-13-7-15(21)9-16(24(26)27)20(13)23-19/h3-9,14,25H,10-11H2,1-2H3,(H,22,23). The van der Waals surface area contributed by atoms with Crippen molar-refractivity contribution in [3.63, 3.8) is 0 Å². The van der Waals surface area contributed by atoms with Gasteiger partial charge in [-0.25, -0.2) is 9.37 Å². The number of nitro groups is 1. The van der Waals surface area contributed by atoms with Gasteiger partial charge in [-0.3, -0.25) is 10.1 Å². The van der Waals surface area contributed by atoms with Crippen LogP contribution in [0.1, 0.15) is 11.5 Å². The Bertz CT molecular complexity index is 1040. The number of benzene rings is 2. The lowest BCUT2D eigenvalue weighted by Crippen LogP contribution is -2.17. The minimum absolute atomic E-state index is 0.0908. The molecule has 0 saturated heterocycles. The molecular weight excluding hydrogens is 381 g/mol. The van der Waals surface area contributed by atoms with Gasteiger partial charge in [0.25, 0.3) is 5.69 Å². The van der Waals surface area contributed by atoms with Crippen molar-refractivity contribution in [1.29, 1.82) is 0 Å². The van der Waals surface area contributed by atoms with Crippen molar-refractivity contribution in [2.45, 2.75) is 5.92 Å². The Labute approximate surface area is 166 Å². The highest BCUT2D eigenvalue weighted by Gasteiger charge is 2.17. The number of halogens is 1. The maximum Gasteiger partial charge on any atom is 0.298 e. The lowest BCUT2D eigenvalue weighted by molar-refractivity contribution is -0.383. The van der Waals surface area contributed by atoms with E-state index < -0.39 is 16.4 Å². The van der Waals surface area contributed by atoms with E-state index in [1.54, 1.807) is 31.4 Å². The number of hydrogen-bond donors (Lipinski definition) is 2. The van der Waals surface area contributed by atoms with Gasteiger partial charge in [0.1, 0.15) is 11.6 Å². The Hall–Kier alpha value is -3.46. The maximum absolute atomic E-state index is 13.6. The van der Waals surface area contributed by atoms with Gasteiger partial charge >= 0.3 is 0 Å². The molecule has 0 aliphatic carbocycles. The van der Waals surface area contributed by atoms with Crippen LogP contribution in [0.25, 0.3) is 10.9 Å². The first-order valence-electron chi connectivity index (χ1n) is 8.78. The first-order valence-corrected chi connectivity index (χ1v) is 8.78. The van der Waals surface area contributed by atoms with E-state index in [1.807, 2.05) is 6.07 Å². The van der Waals surface area contributed by atoms with Gasteiger partial charge in [-0.15, -0.1) is 0 Å². The van der Waals surface area contributed by atoms with Crippen LogP contribution in [-0.4, -0.2) is 42.4 Å². The number of hydrogen-bond acceptors (Lipinski definition) is 7. The van der Waals surface area contributed by atoms with Crippen molar-refractivity contribution >= 4 is 22.4 Å². The van der Waals surface area contributed by atoms with E-state index in [0.29, 0.717) is 29.2 Å². The molecule has 3 rings (SSSR count). The number of aromatic nitrogens is 1. The minimum Gasteiger partial charge on any atom is -0.493 e. The summed E-state index contributed by atoms with van der Waals surface area (Å²) in [6.45, 7) is 0.181. The highest BCUT2D eigenvalue weighted by molar-refractivity contribution is 5.88. The second-order valence-electron chi connectivity index (χ2n) is 6.33. The van der Waals surface area contributed by atoms with E-state index in [2.05, 4.69) is 10.3 Å². The number of aliphatic hydroxyl groups excluding tert-OH is 1. The molecule has 0 bridgehead atoms.